The van der Waals surface area contributed by atoms with Crippen LogP contribution in [0.15, 0.2) is 10.5 Å². The standard InChI is InChI=1S/C12H17NO2/c1-9-11(7-8-14)13-12(15-9)10-5-3-2-4-6-10/h5,14H,2-4,6-8H2,1H3. The lowest BCUT2D eigenvalue weighted by molar-refractivity contribution is 0.297. The molecule has 1 aliphatic rings. The first-order valence-corrected chi connectivity index (χ1v) is 5.58. The maximum Gasteiger partial charge on any atom is 0.222 e. The number of hydrogen-bond acceptors (Lipinski definition) is 3. The minimum atomic E-state index is 0.131. The number of aliphatic hydroxyl groups excluding tert-OH is 1. The summed E-state index contributed by atoms with van der Waals surface area (Å²) in [4.78, 5) is 4.43. The van der Waals surface area contributed by atoms with Crippen molar-refractivity contribution in [3.8, 4) is 0 Å². The molecule has 0 aromatic carbocycles. The van der Waals surface area contributed by atoms with Gasteiger partial charge in [0.1, 0.15) is 5.76 Å². The molecule has 0 amide bonds. The van der Waals surface area contributed by atoms with Crippen molar-refractivity contribution in [2.45, 2.75) is 39.0 Å². The Hall–Kier alpha value is -1.09. The highest BCUT2D eigenvalue weighted by atomic mass is 16.4. The lowest BCUT2D eigenvalue weighted by Crippen LogP contribution is -1.95. The summed E-state index contributed by atoms with van der Waals surface area (Å²) in [6.45, 7) is 2.04. The van der Waals surface area contributed by atoms with Gasteiger partial charge in [0.2, 0.25) is 5.89 Å². The van der Waals surface area contributed by atoms with Crippen LogP contribution in [0.4, 0.5) is 0 Å². The quantitative estimate of drug-likeness (QED) is 0.828. The average molecular weight is 207 g/mol. The molecule has 15 heavy (non-hydrogen) atoms. The van der Waals surface area contributed by atoms with Gasteiger partial charge in [-0.3, -0.25) is 0 Å². The monoisotopic (exact) mass is 207 g/mol. The first kappa shape index (κ1) is 10.4. The first-order chi connectivity index (χ1) is 7.31. The second-order valence-electron chi connectivity index (χ2n) is 3.97. The van der Waals surface area contributed by atoms with Crippen LogP contribution in [0, 0.1) is 6.92 Å². The van der Waals surface area contributed by atoms with Gasteiger partial charge in [0.15, 0.2) is 0 Å². The van der Waals surface area contributed by atoms with E-state index in [1.54, 1.807) is 0 Å². The van der Waals surface area contributed by atoms with Gasteiger partial charge in [0, 0.05) is 18.6 Å². The Labute approximate surface area is 89.8 Å². The first-order valence-electron chi connectivity index (χ1n) is 5.58. The van der Waals surface area contributed by atoms with Gasteiger partial charge in [-0.2, -0.15) is 0 Å². The lowest BCUT2D eigenvalue weighted by Gasteiger charge is -2.08. The van der Waals surface area contributed by atoms with Crippen LogP contribution in [0.25, 0.3) is 5.57 Å². The topological polar surface area (TPSA) is 46.3 Å². The molecular formula is C12H17NO2. The predicted octanol–water partition coefficient (Wildman–Crippen LogP) is 2.48. The molecule has 0 bridgehead atoms. The molecule has 0 saturated carbocycles. The Morgan fingerprint density at radius 2 is 2.33 bits per heavy atom. The van der Waals surface area contributed by atoms with Crippen molar-refractivity contribution < 1.29 is 9.52 Å². The fraction of sp³-hybridized carbons (Fsp3) is 0.583. The third-order valence-electron chi connectivity index (χ3n) is 2.81. The van der Waals surface area contributed by atoms with E-state index in [1.165, 1.54) is 18.4 Å². The average Bonchev–Trinajstić information content (AvgIpc) is 2.63. The number of oxazole rings is 1. The number of aromatic nitrogens is 1. The highest BCUT2D eigenvalue weighted by molar-refractivity contribution is 5.59. The maximum absolute atomic E-state index is 8.87. The van der Waals surface area contributed by atoms with Crippen molar-refractivity contribution in [2.24, 2.45) is 0 Å². The molecule has 0 aliphatic heterocycles. The number of allylic oxidation sites excluding steroid dienone is 2. The summed E-state index contributed by atoms with van der Waals surface area (Å²) in [6, 6.07) is 0. The van der Waals surface area contributed by atoms with Crippen LogP contribution in [-0.2, 0) is 6.42 Å². The molecular weight excluding hydrogens is 190 g/mol. The molecule has 0 unspecified atom stereocenters. The Kier molecular flexibility index (Phi) is 3.21. The number of rotatable bonds is 3. The van der Waals surface area contributed by atoms with Gasteiger partial charge in [-0.15, -0.1) is 0 Å². The summed E-state index contributed by atoms with van der Waals surface area (Å²) in [6.07, 6.45) is 7.50. The molecule has 1 aliphatic carbocycles. The van der Waals surface area contributed by atoms with E-state index in [-0.39, 0.29) is 6.61 Å². The predicted molar refractivity (Wildman–Crippen MR) is 58.5 cm³/mol. The van der Waals surface area contributed by atoms with Gasteiger partial charge in [0.05, 0.1) is 5.69 Å². The molecule has 0 radical (unpaired) electrons. The Morgan fingerprint density at radius 1 is 1.47 bits per heavy atom. The van der Waals surface area contributed by atoms with E-state index in [1.807, 2.05) is 6.92 Å². The molecule has 1 aromatic heterocycles. The molecule has 82 valence electrons. The second-order valence-corrected chi connectivity index (χ2v) is 3.97. The van der Waals surface area contributed by atoms with Crippen LogP contribution in [0.1, 0.15) is 43.0 Å². The van der Waals surface area contributed by atoms with Gasteiger partial charge >= 0.3 is 0 Å². The summed E-state index contributed by atoms with van der Waals surface area (Å²) in [5.74, 6) is 1.60. The molecule has 0 saturated heterocycles. The summed E-state index contributed by atoms with van der Waals surface area (Å²) < 4.78 is 5.62. The Morgan fingerprint density at radius 3 is 3.00 bits per heavy atom. The third kappa shape index (κ3) is 2.29. The van der Waals surface area contributed by atoms with Gasteiger partial charge < -0.3 is 9.52 Å². The highest BCUT2D eigenvalue weighted by Crippen LogP contribution is 2.27. The van der Waals surface area contributed by atoms with Crippen molar-refractivity contribution in [1.29, 1.82) is 0 Å². The summed E-state index contributed by atoms with van der Waals surface area (Å²) in [5, 5.41) is 8.87. The third-order valence-corrected chi connectivity index (χ3v) is 2.81. The van der Waals surface area contributed by atoms with Gasteiger partial charge in [-0.25, -0.2) is 4.98 Å². The second kappa shape index (κ2) is 4.62. The minimum Gasteiger partial charge on any atom is -0.442 e. The van der Waals surface area contributed by atoms with E-state index < -0.39 is 0 Å². The number of aliphatic hydroxyl groups is 1. The van der Waals surface area contributed by atoms with E-state index in [9.17, 15) is 0 Å². The van der Waals surface area contributed by atoms with E-state index >= 15 is 0 Å². The SMILES string of the molecule is Cc1oc(C2=CCCCC2)nc1CCO. The van der Waals surface area contributed by atoms with E-state index in [4.69, 9.17) is 9.52 Å². The van der Waals surface area contributed by atoms with E-state index in [0.29, 0.717) is 6.42 Å². The van der Waals surface area contributed by atoms with Crippen LogP contribution in [0.5, 0.6) is 0 Å². The Bertz CT molecular complexity index is 366. The molecule has 0 atom stereocenters. The molecule has 1 aromatic rings. The van der Waals surface area contributed by atoms with Crippen molar-refractivity contribution in [3.63, 3.8) is 0 Å². The molecule has 0 fully saturated rings. The largest absolute Gasteiger partial charge is 0.442 e. The number of aryl methyl sites for hydroxylation is 1. The molecule has 3 heteroatoms. The van der Waals surface area contributed by atoms with E-state index in [2.05, 4.69) is 11.1 Å². The van der Waals surface area contributed by atoms with Crippen LogP contribution in [0.3, 0.4) is 0 Å². The van der Waals surface area contributed by atoms with Crippen molar-refractivity contribution in [1.82, 2.24) is 4.98 Å². The van der Waals surface area contributed by atoms with Crippen LogP contribution < -0.4 is 0 Å². The normalized spacial score (nSPS) is 16.5. The van der Waals surface area contributed by atoms with Crippen molar-refractivity contribution in [2.75, 3.05) is 6.61 Å². The molecule has 1 heterocycles. The van der Waals surface area contributed by atoms with Crippen LogP contribution in [0.2, 0.25) is 0 Å². The van der Waals surface area contributed by atoms with Crippen LogP contribution >= 0.6 is 0 Å². The lowest BCUT2D eigenvalue weighted by atomic mass is 10.00. The van der Waals surface area contributed by atoms with E-state index in [0.717, 1.165) is 30.2 Å². The fourth-order valence-corrected chi connectivity index (χ4v) is 1.94. The molecule has 1 N–H and O–H groups in total. The smallest absolute Gasteiger partial charge is 0.222 e. The number of nitrogens with zero attached hydrogens (tertiary/aromatic N) is 1. The molecule has 3 nitrogen and oxygen atoms in total. The van der Waals surface area contributed by atoms with Crippen LogP contribution in [-0.4, -0.2) is 16.7 Å². The molecule has 0 spiro atoms. The zero-order valence-corrected chi connectivity index (χ0v) is 9.12. The highest BCUT2D eigenvalue weighted by Gasteiger charge is 2.14. The summed E-state index contributed by atoms with van der Waals surface area (Å²) >= 11 is 0. The number of hydrogen-bond donors (Lipinski definition) is 1. The zero-order valence-electron chi connectivity index (χ0n) is 9.12. The maximum atomic E-state index is 8.87. The fourth-order valence-electron chi connectivity index (χ4n) is 1.94. The van der Waals surface area contributed by atoms with Gasteiger partial charge in [-0.05, 0) is 32.6 Å². The minimum absolute atomic E-state index is 0.131. The zero-order chi connectivity index (χ0) is 10.7. The van der Waals surface area contributed by atoms with Crippen molar-refractivity contribution in [3.05, 3.63) is 23.4 Å². The van der Waals surface area contributed by atoms with Gasteiger partial charge in [0.25, 0.3) is 0 Å². The van der Waals surface area contributed by atoms with Crippen molar-refractivity contribution >= 4 is 5.57 Å². The summed E-state index contributed by atoms with van der Waals surface area (Å²) in [7, 11) is 0. The van der Waals surface area contributed by atoms with Gasteiger partial charge in [-0.1, -0.05) is 6.08 Å². The Balaban J connectivity index is 2.21. The summed E-state index contributed by atoms with van der Waals surface area (Å²) in [5.41, 5.74) is 2.12. The molecule has 2 rings (SSSR count).